The summed E-state index contributed by atoms with van der Waals surface area (Å²) in [6, 6.07) is 11.9. The molecular formula is C16H15FN2O. The van der Waals surface area contributed by atoms with E-state index >= 15 is 0 Å². The summed E-state index contributed by atoms with van der Waals surface area (Å²) in [5, 5.41) is 0. The van der Waals surface area contributed by atoms with E-state index in [4.69, 9.17) is 0 Å². The maximum Gasteiger partial charge on any atom is 0.232 e. The van der Waals surface area contributed by atoms with Crippen LogP contribution < -0.4 is 4.90 Å². The van der Waals surface area contributed by atoms with Crippen molar-refractivity contribution in [2.24, 2.45) is 0 Å². The molecule has 3 nitrogen and oxygen atoms in total. The standard InChI is InChI=1S/C16H15FN2O/c17-13-6-4-12(5-7-13)11-16(20)19(14-8-9-14)15-3-1-2-10-18-15/h1-7,10,14H,8-9,11H2. The van der Waals surface area contributed by atoms with Gasteiger partial charge in [0, 0.05) is 12.2 Å². The van der Waals surface area contributed by atoms with Crippen LogP contribution in [-0.4, -0.2) is 16.9 Å². The molecule has 1 aliphatic rings. The van der Waals surface area contributed by atoms with Crippen LogP contribution in [0.25, 0.3) is 0 Å². The number of carbonyl (C=O) groups is 1. The fourth-order valence-corrected chi connectivity index (χ4v) is 2.21. The Kier molecular flexibility index (Phi) is 3.46. The van der Waals surface area contributed by atoms with Crippen LogP contribution >= 0.6 is 0 Å². The topological polar surface area (TPSA) is 33.2 Å². The van der Waals surface area contributed by atoms with E-state index in [1.807, 2.05) is 18.2 Å². The fraction of sp³-hybridized carbons (Fsp3) is 0.250. The van der Waals surface area contributed by atoms with Crippen LogP contribution in [0.1, 0.15) is 18.4 Å². The molecule has 0 aliphatic heterocycles. The third-order valence-electron chi connectivity index (χ3n) is 3.35. The normalized spacial score (nSPS) is 14.1. The van der Waals surface area contributed by atoms with Crippen LogP contribution in [-0.2, 0) is 11.2 Å². The Labute approximate surface area is 117 Å². The number of pyridine rings is 1. The van der Waals surface area contributed by atoms with Crippen LogP contribution in [0.15, 0.2) is 48.7 Å². The van der Waals surface area contributed by atoms with E-state index in [0.29, 0.717) is 5.82 Å². The molecule has 1 aromatic heterocycles. The van der Waals surface area contributed by atoms with E-state index in [0.717, 1.165) is 18.4 Å². The molecule has 0 unspecified atom stereocenters. The molecule has 1 saturated carbocycles. The van der Waals surface area contributed by atoms with Gasteiger partial charge in [0.1, 0.15) is 11.6 Å². The second kappa shape index (κ2) is 5.41. The van der Waals surface area contributed by atoms with E-state index in [9.17, 15) is 9.18 Å². The molecule has 0 bridgehead atoms. The zero-order chi connectivity index (χ0) is 13.9. The molecule has 1 aliphatic carbocycles. The van der Waals surface area contributed by atoms with Crippen molar-refractivity contribution >= 4 is 11.7 Å². The van der Waals surface area contributed by atoms with Gasteiger partial charge in [-0.25, -0.2) is 9.37 Å². The van der Waals surface area contributed by atoms with E-state index in [-0.39, 0.29) is 24.2 Å². The van der Waals surface area contributed by atoms with Crippen LogP contribution in [0.2, 0.25) is 0 Å². The molecule has 1 aromatic carbocycles. The molecule has 0 spiro atoms. The molecule has 20 heavy (non-hydrogen) atoms. The van der Waals surface area contributed by atoms with Crippen LogP contribution in [0.3, 0.4) is 0 Å². The molecule has 2 aromatic rings. The molecular weight excluding hydrogens is 255 g/mol. The van der Waals surface area contributed by atoms with Crippen molar-refractivity contribution in [1.29, 1.82) is 0 Å². The summed E-state index contributed by atoms with van der Waals surface area (Å²) in [6.45, 7) is 0. The van der Waals surface area contributed by atoms with Crippen molar-refractivity contribution in [1.82, 2.24) is 4.98 Å². The second-order valence-corrected chi connectivity index (χ2v) is 4.99. The van der Waals surface area contributed by atoms with E-state index in [1.165, 1.54) is 12.1 Å². The number of amides is 1. The third-order valence-corrected chi connectivity index (χ3v) is 3.35. The summed E-state index contributed by atoms with van der Waals surface area (Å²) in [5.74, 6) is 0.421. The zero-order valence-corrected chi connectivity index (χ0v) is 11.0. The van der Waals surface area contributed by atoms with Crippen LogP contribution in [0.5, 0.6) is 0 Å². The van der Waals surface area contributed by atoms with Crippen molar-refractivity contribution in [3.05, 3.63) is 60.0 Å². The predicted molar refractivity (Wildman–Crippen MR) is 74.8 cm³/mol. The summed E-state index contributed by atoms with van der Waals surface area (Å²) < 4.78 is 12.9. The fourth-order valence-electron chi connectivity index (χ4n) is 2.21. The van der Waals surface area contributed by atoms with Crippen molar-refractivity contribution in [3.8, 4) is 0 Å². The lowest BCUT2D eigenvalue weighted by Crippen LogP contribution is -2.34. The second-order valence-electron chi connectivity index (χ2n) is 4.99. The minimum Gasteiger partial charge on any atom is -0.293 e. The highest BCUT2D eigenvalue weighted by Gasteiger charge is 2.34. The number of halogens is 1. The molecule has 0 atom stereocenters. The number of carbonyl (C=O) groups excluding carboxylic acids is 1. The van der Waals surface area contributed by atoms with Gasteiger partial charge in [-0.2, -0.15) is 0 Å². The SMILES string of the molecule is O=C(Cc1ccc(F)cc1)N(c1ccccn1)C1CC1. The van der Waals surface area contributed by atoms with Gasteiger partial charge in [0.2, 0.25) is 5.91 Å². The lowest BCUT2D eigenvalue weighted by atomic mass is 10.1. The third kappa shape index (κ3) is 2.85. The van der Waals surface area contributed by atoms with Gasteiger partial charge in [-0.3, -0.25) is 9.69 Å². The maximum atomic E-state index is 12.9. The largest absolute Gasteiger partial charge is 0.293 e. The maximum absolute atomic E-state index is 12.9. The quantitative estimate of drug-likeness (QED) is 0.855. The van der Waals surface area contributed by atoms with Crippen LogP contribution in [0.4, 0.5) is 10.2 Å². The van der Waals surface area contributed by atoms with E-state index < -0.39 is 0 Å². The highest BCUT2D eigenvalue weighted by molar-refractivity contribution is 5.94. The van der Waals surface area contributed by atoms with Gasteiger partial charge in [0.25, 0.3) is 0 Å². The molecule has 4 heteroatoms. The Hall–Kier alpha value is -2.23. The van der Waals surface area contributed by atoms with Crippen molar-refractivity contribution in [2.75, 3.05) is 4.90 Å². The lowest BCUT2D eigenvalue weighted by molar-refractivity contribution is -0.118. The first-order chi connectivity index (χ1) is 9.74. The van der Waals surface area contributed by atoms with E-state index in [1.54, 1.807) is 23.2 Å². The molecule has 0 N–H and O–H groups in total. The number of nitrogens with zero attached hydrogens (tertiary/aromatic N) is 2. The smallest absolute Gasteiger partial charge is 0.232 e. The average molecular weight is 270 g/mol. The van der Waals surface area contributed by atoms with Gasteiger partial charge in [-0.05, 0) is 42.7 Å². The van der Waals surface area contributed by atoms with Crippen molar-refractivity contribution < 1.29 is 9.18 Å². The zero-order valence-electron chi connectivity index (χ0n) is 11.0. The summed E-state index contributed by atoms with van der Waals surface area (Å²) >= 11 is 0. The first kappa shape index (κ1) is 12.8. The first-order valence-electron chi connectivity index (χ1n) is 6.71. The molecule has 102 valence electrons. The molecule has 0 radical (unpaired) electrons. The Bertz CT molecular complexity index is 594. The van der Waals surface area contributed by atoms with Crippen molar-refractivity contribution in [3.63, 3.8) is 0 Å². The summed E-state index contributed by atoms with van der Waals surface area (Å²) in [6.07, 6.45) is 4.00. The monoisotopic (exact) mass is 270 g/mol. The number of anilines is 1. The van der Waals surface area contributed by atoms with Gasteiger partial charge in [-0.15, -0.1) is 0 Å². The van der Waals surface area contributed by atoms with E-state index in [2.05, 4.69) is 4.98 Å². The van der Waals surface area contributed by atoms with Gasteiger partial charge in [-0.1, -0.05) is 18.2 Å². The Morgan fingerprint density at radius 3 is 2.55 bits per heavy atom. The lowest BCUT2D eigenvalue weighted by Gasteiger charge is -2.21. The number of rotatable bonds is 4. The van der Waals surface area contributed by atoms with Crippen molar-refractivity contribution in [2.45, 2.75) is 25.3 Å². The average Bonchev–Trinajstić information content (AvgIpc) is 3.28. The molecule has 1 amide bonds. The number of hydrogen-bond acceptors (Lipinski definition) is 2. The molecule has 0 saturated heterocycles. The summed E-state index contributed by atoms with van der Waals surface area (Å²) in [4.78, 5) is 18.5. The van der Waals surface area contributed by atoms with Crippen LogP contribution in [0, 0.1) is 5.82 Å². The van der Waals surface area contributed by atoms with Gasteiger partial charge in [0.15, 0.2) is 0 Å². The Morgan fingerprint density at radius 1 is 1.20 bits per heavy atom. The molecule has 1 heterocycles. The molecule has 1 fully saturated rings. The van der Waals surface area contributed by atoms with Gasteiger partial charge < -0.3 is 0 Å². The Balaban J connectivity index is 1.78. The predicted octanol–water partition coefficient (Wildman–Crippen LogP) is 2.96. The minimum absolute atomic E-state index is 0.0119. The number of benzene rings is 1. The summed E-state index contributed by atoms with van der Waals surface area (Å²) in [7, 11) is 0. The molecule has 3 rings (SSSR count). The Morgan fingerprint density at radius 2 is 1.95 bits per heavy atom. The highest BCUT2D eigenvalue weighted by atomic mass is 19.1. The first-order valence-corrected chi connectivity index (χ1v) is 6.71. The number of aromatic nitrogens is 1. The minimum atomic E-state index is -0.287. The highest BCUT2D eigenvalue weighted by Crippen LogP contribution is 2.31. The van der Waals surface area contributed by atoms with Gasteiger partial charge in [0.05, 0.1) is 6.42 Å². The van der Waals surface area contributed by atoms with Gasteiger partial charge >= 0.3 is 0 Å². The number of hydrogen-bond donors (Lipinski definition) is 0. The summed E-state index contributed by atoms with van der Waals surface area (Å²) in [5.41, 5.74) is 0.818.